The van der Waals surface area contributed by atoms with Crippen molar-refractivity contribution in [2.75, 3.05) is 13.2 Å². The Kier molecular flexibility index (Phi) is 6.10. The molecule has 22 heavy (non-hydrogen) atoms. The van der Waals surface area contributed by atoms with Crippen molar-refractivity contribution in [3.05, 3.63) is 28.2 Å². The summed E-state index contributed by atoms with van der Waals surface area (Å²) in [6, 6.07) is 4.20. The van der Waals surface area contributed by atoms with E-state index in [0.29, 0.717) is 23.2 Å². The minimum Gasteiger partial charge on any atom is -0.434 e. The number of hydrogen-bond donors (Lipinski definition) is 2. The molecule has 2 rings (SSSR count). The van der Waals surface area contributed by atoms with Crippen LogP contribution in [0.1, 0.15) is 12.5 Å². The molecule has 1 aromatic rings. The molecule has 0 spiro atoms. The quantitative estimate of drug-likeness (QED) is 0.822. The molecule has 1 amide bonds. The van der Waals surface area contributed by atoms with Crippen molar-refractivity contribution >= 4 is 21.8 Å². The molecular weight excluding hydrogens is 362 g/mol. The minimum atomic E-state index is -2.91. The molecule has 8 heteroatoms. The Morgan fingerprint density at radius 2 is 2.36 bits per heavy atom. The lowest BCUT2D eigenvalue weighted by Gasteiger charge is -2.29. The van der Waals surface area contributed by atoms with Crippen LogP contribution in [-0.2, 0) is 16.1 Å². The zero-order valence-corrected chi connectivity index (χ0v) is 13.5. The molecule has 0 saturated carbocycles. The number of benzene rings is 1. The van der Waals surface area contributed by atoms with Gasteiger partial charge in [0.1, 0.15) is 11.8 Å². The molecule has 0 radical (unpaired) electrons. The lowest BCUT2D eigenvalue weighted by Crippen LogP contribution is -2.55. The maximum Gasteiger partial charge on any atom is 0.387 e. The summed E-state index contributed by atoms with van der Waals surface area (Å²) in [6.45, 7) is 0.137. The van der Waals surface area contributed by atoms with Crippen LogP contribution in [0, 0.1) is 0 Å². The van der Waals surface area contributed by atoms with Gasteiger partial charge < -0.3 is 20.1 Å². The van der Waals surface area contributed by atoms with Crippen molar-refractivity contribution in [1.82, 2.24) is 10.6 Å². The first-order valence-corrected chi connectivity index (χ1v) is 7.62. The number of halogens is 3. The lowest BCUT2D eigenvalue weighted by atomic mass is 10.1. The molecule has 2 atom stereocenters. The number of hydrogen-bond acceptors (Lipinski definition) is 4. The fourth-order valence-corrected chi connectivity index (χ4v) is 2.63. The predicted octanol–water partition coefficient (Wildman–Crippen LogP) is 2.04. The van der Waals surface area contributed by atoms with E-state index < -0.39 is 12.7 Å². The van der Waals surface area contributed by atoms with Crippen LogP contribution in [0.4, 0.5) is 8.78 Å². The van der Waals surface area contributed by atoms with Crippen LogP contribution >= 0.6 is 15.9 Å². The zero-order chi connectivity index (χ0) is 16.1. The number of carbonyl (C=O) groups excluding carboxylic acids is 1. The summed E-state index contributed by atoms with van der Waals surface area (Å²) in [5.41, 5.74) is 0.465. The van der Waals surface area contributed by atoms with Gasteiger partial charge in [-0.1, -0.05) is 15.9 Å². The molecule has 1 saturated heterocycles. The number of alkyl halides is 2. The molecule has 1 aromatic carbocycles. The summed E-state index contributed by atoms with van der Waals surface area (Å²) in [6.07, 6.45) is -0.243. The standard InChI is InChI=1S/C14H17BrF2N2O3/c1-8-12(18-4-5-21-8)13(20)19-7-9-6-10(15)2-3-11(9)22-14(16)17/h2-3,6,8,12,14,18H,4-5,7H2,1H3,(H,19,20)/t8-,12+/m1/s1. The van der Waals surface area contributed by atoms with E-state index >= 15 is 0 Å². The third kappa shape index (κ3) is 4.62. The normalized spacial score (nSPS) is 21.7. The van der Waals surface area contributed by atoms with Gasteiger partial charge in [0.25, 0.3) is 0 Å². The Morgan fingerprint density at radius 1 is 1.59 bits per heavy atom. The molecule has 0 unspecified atom stereocenters. The average molecular weight is 379 g/mol. The second-order valence-electron chi connectivity index (χ2n) is 4.86. The van der Waals surface area contributed by atoms with Crippen molar-refractivity contribution in [1.29, 1.82) is 0 Å². The predicted molar refractivity (Wildman–Crippen MR) is 79.8 cm³/mol. The summed E-state index contributed by atoms with van der Waals surface area (Å²) < 4.78 is 35.4. The smallest absolute Gasteiger partial charge is 0.387 e. The third-order valence-electron chi connectivity index (χ3n) is 3.29. The third-order valence-corrected chi connectivity index (χ3v) is 3.78. The highest BCUT2D eigenvalue weighted by Crippen LogP contribution is 2.24. The molecule has 1 aliphatic heterocycles. The van der Waals surface area contributed by atoms with E-state index in [1.807, 2.05) is 0 Å². The van der Waals surface area contributed by atoms with Crippen LogP contribution in [0.3, 0.4) is 0 Å². The maximum absolute atomic E-state index is 12.4. The number of carbonyl (C=O) groups is 1. The van der Waals surface area contributed by atoms with Gasteiger partial charge >= 0.3 is 6.61 Å². The number of nitrogens with one attached hydrogen (secondary N) is 2. The lowest BCUT2D eigenvalue weighted by molar-refractivity contribution is -0.129. The van der Waals surface area contributed by atoms with Gasteiger partial charge in [-0.3, -0.25) is 4.79 Å². The van der Waals surface area contributed by atoms with E-state index in [2.05, 4.69) is 31.3 Å². The van der Waals surface area contributed by atoms with E-state index in [1.165, 1.54) is 6.07 Å². The SMILES string of the molecule is C[C@H]1OCCN[C@@H]1C(=O)NCc1cc(Br)ccc1OC(F)F. The summed E-state index contributed by atoms with van der Waals surface area (Å²) in [5.74, 6) is -0.199. The molecule has 1 aliphatic rings. The minimum absolute atomic E-state index is 0.0411. The summed E-state index contributed by atoms with van der Waals surface area (Å²) in [7, 11) is 0. The van der Waals surface area contributed by atoms with Crippen LogP contribution in [0.25, 0.3) is 0 Å². The summed E-state index contributed by atoms with van der Waals surface area (Å²) in [5, 5.41) is 5.78. The monoisotopic (exact) mass is 378 g/mol. The Bertz CT molecular complexity index is 531. The van der Waals surface area contributed by atoms with E-state index in [9.17, 15) is 13.6 Å². The van der Waals surface area contributed by atoms with Crippen LogP contribution in [-0.4, -0.2) is 37.8 Å². The van der Waals surface area contributed by atoms with Gasteiger partial charge in [0.15, 0.2) is 0 Å². The van der Waals surface area contributed by atoms with Crippen LogP contribution in [0.5, 0.6) is 5.75 Å². The Morgan fingerprint density at radius 3 is 3.05 bits per heavy atom. The first kappa shape index (κ1) is 17.1. The highest BCUT2D eigenvalue weighted by Gasteiger charge is 2.28. The second kappa shape index (κ2) is 7.85. The van der Waals surface area contributed by atoms with Crippen LogP contribution in [0.2, 0.25) is 0 Å². The Balaban J connectivity index is 2.01. The molecule has 2 N–H and O–H groups in total. The molecule has 0 aromatic heterocycles. The van der Waals surface area contributed by atoms with Gasteiger partial charge in [-0.25, -0.2) is 0 Å². The molecule has 0 aliphatic carbocycles. The number of rotatable bonds is 5. The van der Waals surface area contributed by atoms with E-state index in [4.69, 9.17) is 4.74 Å². The summed E-state index contributed by atoms with van der Waals surface area (Å²) >= 11 is 3.27. The zero-order valence-electron chi connectivity index (χ0n) is 11.9. The highest BCUT2D eigenvalue weighted by molar-refractivity contribution is 9.10. The molecule has 122 valence electrons. The van der Waals surface area contributed by atoms with Gasteiger partial charge in [0, 0.05) is 23.1 Å². The first-order chi connectivity index (χ1) is 10.5. The van der Waals surface area contributed by atoms with Crippen molar-refractivity contribution in [3.63, 3.8) is 0 Å². The van der Waals surface area contributed by atoms with E-state index in [1.54, 1.807) is 19.1 Å². The maximum atomic E-state index is 12.4. The average Bonchev–Trinajstić information content (AvgIpc) is 2.47. The van der Waals surface area contributed by atoms with Crippen molar-refractivity contribution in [2.45, 2.75) is 32.2 Å². The van der Waals surface area contributed by atoms with Gasteiger partial charge in [-0.05, 0) is 25.1 Å². The largest absolute Gasteiger partial charge is 0.434 e. The molecule has 0 bridgehead atoms. The van der Waals surface area contributed by atoms with Crippen molar-refractivity contribution in [3.8, 4) is 5.75 Å². The van der Waals surface area contributed by atoms with Gasteiger partial charge in [-0.15, -0.1) is 0 Å². The molecular formula is C14H17BrF2N2O3. The Hall–Kier alpha value is -1.25. The fourth-order valence-electron chi connectivity index (χ4n) is 2.22. The van der Waals surface area contributed by atoms with Crippen LogP contribution < -0.4 is 15.4 Å². The first-order valence-electron chi connectivity index (χ1n) is 6.83. The molecule has 1 heterocycles. The molecule has 1 fully saturated rings. The Labute approximate surface area is 135 Å². The van der Waals surface area contributed by atoms with Gasteiger partial charge in [-0.2, -0.15) is 8.78 Å². The van der Waals surface area contributed by atoms with Gasteiger partial charge in [0.2, 0.25) is 5.91 Å². The molecule has 5 nitrogen and oxygen atoms in total. The number of ether oxygens (including phenoxy) is 2. The summed E-state index contributed by atoms with van der Waals surface area (Å²) in [4.78, 5) is 12.1. The topological polar surface area (TPSA) is 59.6 Å². The number of morpholine rings is 1. The fraction of sp³-hybridized carbons (Fsp3) is 0.500. The van der Waals surface area contributed by atoms with Crippen molar-refractivity contribution < 1.29 is 23.0 Å². The van der Waals surface area contributed by atoms with Crippen LogP contribution in [0.15, 0.2) is 22.7 Å². The van der Waals surface area contributed by atoms with Crippen molar-refractivity contribution in [2.24, 2.45) is 0 Å². The number of amides is 1. The van der Waals surface area contributed by atoms with E-state index in [-0.39, 0.29) is 24.3 Å². The highest BCUT2D eigenvalue weighted by atomic mass is 79.9. The van der Waals surface area contributed by atoms with Gasteiger partial charge in [0.05, 0.1) is 12.7 Å². The van der Waals surface area contributed by atoms with E-state index in [0.717, 1.165) is 0 Å². The second-order valence-corrected chi connectivity index (χ2v) is 5.77.